The standard InChI is InChI=1S/C16H25NO8S/c1-7(14(20)21)23-13-11(17-8(2)18)15(26-9(3)19)24-10-6-22-16(4,5)25-12(10)13/h7,10-13,15H,6H2,1-5H3,(H,17,18)(H,20,21)/t7?,10-,11-,12-,13-,15-/m1/s1. The van der Waals surface area contributed by atoms with E-state index in [4.69, 9.17) is 18.9 Å². The van der Waals surface area contributed by atoms with Crippen molar-refractivity contribution in [3.63, 3.8) is 0 Å². The predicted octanol–water partition coefficient (Wildman–Crippen LogP) is 0.506. The van der Waals surface area contributed by atoms with Gasteiger partial charge in [-0.3, -0.25) is 9.59 Å². The third-order valence-corrected chi connectivity index (χ3v) is 4.99. The van der Waals surface area contributed by atoms with Gasteiger partial charge in [0.25, 0.3) is 0 Å². The van der Waals surface area contributed by atoms with Crippen molar-refractivity contribution in [2.45, 2.75) is 76.3 Å². The van der Waals surface area contributed by atoms with Crippen molar-refractivity contribution in [1.29, 1.82) is 0 Å². The number of hydrogen-bond donors (Lipinski definition) is 2. The van der Waals surface area contributed by atoms with E-state index < -0.39 is 47.7 Å². The van der Waals surface area contributed by atoms with Gasteiger partial charge in [-0.2, -0.15) is 0 Å². The Morgan fingerprint density at radius 1 is 1.31 bits per heavy atom. The molecule has 26 heavy (non-hydrogen) atoms. The van der Waals surface area contributed by atoms with Gasteiger partial charge in [-0.25, -0.2) is 4.79 Å². The summed E-state index contributed by atoms with van der Waals surface area (Å²) in [6, 6.07) is -0.765. The molecule has 9 nitrogen and oxygen atoms in total. The normalized spacial score (nSPS) is 34.4. The second-order valence-corrected chi connectivity index (χ2v) is 8.03. The van der Waals surface area contributed by atoms with Crippen LogP contribution in [0.4, 0.5) is 0 Å². The topological polar surface area (TPSA) is 120 Å². The minimum absolute atomic E-state index is 0.195. The molecule has 2 aliphatic heterocycles. The highest BCUT2D eigenvalue weighted by atomic mass is 32.2. The smallest absolute Gasteiger partial charge is 0.332 e. The first-order valence-corrected chi connectivity index (χ1v) is 9.18. The quantitative estimate of drug-likeness (QED) is 0.690. The van der Waals surface area contributed by atoms with Crippen molar-refractivity contribution in [3.05, 3.63) is 0 Å². The Kier molecular flexibility index (Phi) is 6.67. The molecule has 0 aromatic carbocycles. The molecule has 2 aliphatic rings. The van der Waals surface area contributed by atoms with Crippen LogP contribution < -0.4 is 5.32 Å². The lowest BCUT2D eigenvalue weighted by atomic mass is 9.95. The number of fused-ring (bicyclic) bond motifs is 1. The Hall–Kier alpha value is -1.20. The van der Waals surface area contributed by atoms with Crippen molar-refractivity contribution in [2.75, 3.05) is 6.61 Å². The molecule has 1 amide bonds. The average Bonchev–Trinajstić information content (AvgIpc) is 2.49. The fourth-order valence-corrected chi connectivity index (χ4v) is 3.83. The molecule has 2 heterocycles. The monoisotopic (exact) mass is 391 g/mol. The molecule has 0 radical (unpaired) electrons. The van der Waals surface area contributed by atoms with E-state index in [0.29, 0.717) is 0 Å². The molecule has 10 heteroatoms. The minimum atomic E-state index is -1.14. The lowest BCUT2D eigenvalue weighted by Gasteiger charge is -2.51. The van der Waals surface area contributed by atoms with E-state index in [1.165, 1.54) is 20.8 Å². The number of amides is 1. The summed E-state index contributed by atoms with van der Waals surface area (Å²) in [7, 11) is 0. The highest BCUT2D eigenvalue weighted by Gasteiger charge is 2.53. The zero-order chi connectivity index (χ0) is 19.6. The van der Waals surface area contributed by atoms with E-state index in [9.17, 15) is 19.5 Å². The third kappa shape index (κ3) is 5.17. The number of nitrogens with one attached hydrogen (secondary N) is 1. The van der Waals surface area contributed by atoms with Gasteiger partial charge in [0, 0.05) is 13.8 Å². The summed E-state index contributed by atoms with van der Waals surface area (Å²) in [5, 5.41) is 11.7. The summed E-state index contributed by atoms with van der Waals surface area (Å²) < 4.78 is 23.2. The number of ether oxygens (including phenoxy) is 4. The summed E-state index contributed by atoms with van der Waals surface area (Å²) >= 11 is 0.906. The minimum Gasteiger partial charge on any atom is -0.479 e. The number of carbonyl (C=O) groups excluding carboxylic acids is 2. The molecular formula is C16H25NO8S. The van der Waals surface area contributed by atoms with Crippen LogP contribution in [-0.4, -0.2) is 70.4 Å². The Labute approximate surface area is 156 Å². The number of aliphatic carboxylic acids is 1. The van der Waals surface area contributed by atoms with Gasteiger partial charge in [-0.1, -0.05) is 11.8 Å². The van der Waals surface area contributed by atoms with Gasteiger partial charge in [-0.15, -0.1) is 0 Å². The maximum atomic E-state index is 11.7. The largest absolute Gasteiger partial charge is 0.479 e. The van der Waals surface area contributed by atoms with E-state index in [2.05, 4.69) is 5.32 Å². The highest BCUT2D eigenvalue weighted by molar-refractivity contribution is 8.14. The number of hydrogen-bond acceptors (Lipinski definition) is 8. The first-order valence-electron chi connectivity index (χ1n) is 8.30. The average molecular weight is 391 g/mol. The van der Waals surface area contributed by atoms with E-state index in [1.54, 1.807) is 13.8 Å². The van der Waals surface area contributed by atoms with Crippen LogP contribution in [0.5, 0.6) is 0 Å². The zero-order valence-electron chi connectivity index (χ0n) is 15.4. The van der Waals surface area contributed by atoms with Crippen molar-refractivity contribution in [1.82, 2.24) is 5.32 Å². The van der Waals surface area contributed by atoms with Crippen LogP contribution in [0.1, 0.15) is 34.6 Å². The molecule has 1 unspecified atom stereocenters. The molecule has 2 rings (SSSR count). The summed E-state index contributed by atoms with van der Waals surface area (Å²) in [4.78, 5) is 34.6. The molecule has 0 bridgehead atoms. The van der Waals surface area contributed by atoms with Crippen LogP contribution >= 0.6 is 11.8 Å². The summed E-state index contributed by atoms with van der Waals surface area (Å²) in [6.45, 7) is 7.76. The van der Waals surface area contributed by atoms with Crippen molar-refractivity contribution in [2.24, 2.45) is 0 Å². The molecule has 2 fully saturated rings. The van der Waals surface area contributed by atoms with Crippen LogP contribution in [0.25, 0.3) is 0 Å². The summed E-state index contributed by atoms with van der Waals surface area (Å²) in [6.07, 6.45) is -3.19. The van der Waals surface area contributed by atoms with Crippen molar-refractivity contribution in [3.8, 4) is 0 Å². The van der Waals surface area contributed by atoms with Gasteiger partial charge in [-0.05, 0) is 20.8 Å². The Balaban J connectivity index is 2.35. The van der Waals surface area contributed by atoms with E-state index >= 15 is 0 Å². The lowest BCUT2D eigenvalue weighted by Crippen LogP contribution is -2.68. The van der Waals surface area contributed by atoms with Crippen LogP contribution in [0, 0.1) is 0 Å². The number of carbonyl (C=O) groups is 3. The van der Waals surface area contributed by atoms with Crippen LogP contribution in [0.3, 0.4) is 0 Å². The molecule has 0 aromatic heterocycles. The SMILES string of the molecule is CC(=O)N[C@@H]1[C@@H](OC(C)C(=O)O)[C@@H]2OC(C)(C)OC[C@H]2O[C@@H]1SC(C)=O. The van der Waals surface area contributed by atoms with E-state index in [1.807, 2.05) is 0 Å². The van der Waals surface area contributed by atoms with Crippen LogP contribution in [-0.2, 0) is 33.3 Å². The third-order valence-electron chi connectivity index (χ3n) is 4.02. The van der Waals surface area contributed by atoms with Crippen LogP contribution in [0.15, 0.2) is 0 Å². The molecule has 2 N–H and O–H groups in total. The molecule has 0 aromatic rings. The maximum Gasteiger partial charge on any atom is 0.332 e. The molecular weight excluding hydrogens is 366 g/mol. The van der Waals surface area contributed by atoms with E-state index in [-0.39, 0.29) is 17.6 Å². The Morgan fingerprint density at radius 3 is 2.50 bits per heavy atom. The summed E-state index contributed by atoms with van der Waals surface area (Å²) in [5.74, 6) is -2.41. The molecule has 0 aliphatic carbocycles. The van der Waals surface area contributed by atoms with E-state index in [0.717, 1.165) is 11.8 Å². The van der Waals surface area contributed by atoms with Crippen molar-refractivity contribution >= 4 is 28.8 Å². The number of thioether (sulfide) groups is 1. The second-order valence-electron chi connectivity index (χ2n) is 6.75. The van der Waals surface area contributed by atoms with Gasteiger partial charge in [0.05, 0.1) is 12.6 Å². The Bertz CT molecular complexity index is 568. The van der Waals surface area contributed by atoms with Crippen molar-refractivity contribution < 1.29 is 38.4 Å². The fourth-order valence-electron chi connectivity index (χ4n) is 2.93. The Morgan fingerprint density at radius 2 is 1.96 bits per heavy atom. The molecule has 0 spiro atoms. The zero-order valence-corrected chi connectivity index (χ0v) is 16.2. The van der Waals surface area contributed by atoms with Crippen LogP contribution in [0.2, 0.25) is 0 Å². The number of carboxylic acid groups (broad SMARTS) is 1. The predicted molar refractivity (Wildman–Crippen MR) is 91.4 cm³/mol. The number of rotatable bonds is 5. The molecule has 148 valence electrons. The molecule has 0 saturated carbocycles. The maximum absolute atomic E-state index is 11.7. The van der Waals surface area contributed by atoms with Gasteiger partial charge in [0.15, 0.2) is 17.0 Å². The first-order chi connectivity index (χ1) is 12.0. The fraction of sp³-hybridized carbons (Fsp3) is 0.812. The first kappa shape index (κ1) is 21.1. The van der Waals surface area contributed by atoms with Gasteiger partial charge in [0.2, 0.25) is 5.91 Å². The molecule has 2 saturated heterocycles. The highest BCUT2D eigenvalue weighted by Crippen LogP contribution is 2.37. The van der Waals surface area contributed by atoms with Gasteiger partial charge in [0.1, 0.15) is 23.7 Å². The molecule has 6 atom stereocenters. The van der Waals surface area contributed by atoms with Gasteiger partial charge >= 0.3 is 5.97 Å². The second kappa shape index (κ2) is 8.22. The summed E-state index contributed by atoms with van der Waals surface area (Å²) in [5.41, 5.74) is -0.753. The van der Waals surface area contributed by atoms with Gasteiger partial charge < -0.3 is 29.4 Å². The number of carboxylic acids is 1. The lowest BCUT2D eigenvalue weighted by molar-refractivity contribution is -0.346.